The molecule has 3 nitrogen and oxygen atoms in total. The Bertz CT molecular complexity index is 904. The number of aromatic amines is 2. The minimum Gasteiger partial charge on any atom is -0.340 e. The Hall–Kier alpha value is -2.75. The number of anilines is 2. The van der Waals surface area contributed by atoms with Crippen molar-refractivity contribution in [2.45, 2.75) is 6.92 Å². The van der Waals surface area contributed by atoms with Crippen LogP contribution in [0.3, 0.4) is 0 Å². The van der Waals surface area contributed by atoms with Gasteiger partial charge in [-0.25, -0.2) is 4.39 Å². The Morgan fingerprint density at radius 3 is 2.67 bits per heavy atom. The first kappa shape index (κ1) is 12.0. The summed E-state index contributed by atoms with van der Waals surface area (Å²) in [4.78, 5) is 0. The van der Waals surface area contributed by atoms with Crippen LogP contribution in [0.2, 0.25) is 0 Å². The van der Waals surface area contributed by atoms with Crippen LogP contribution in [0.1, 0.15) is 5.56 Å². The predicted molar refractivity (Wildman–Crippen MR) is 83.7 cm³/mol. The van der Waals surface area contributed by atoms with Gasteiger partial charge in [-0.15, -0.1) is 0 Å². The fraction of sp³-hybridized carbons (Fsp3) is 0.0588. The molecule has 3 N–H and O–H groups in total. The van der Waals surface area contributed by atoms with Crippen LogP contribution in [0.4, 0.5) is 15.9 Å². The van der Waals surface area contributed by atoms with Crippen LogP contribution in [0.5, 0.6) is 0 Å². The van der Waals surface area contributed by atoms with Crippen molar-refractivity contribution >= 4 is 22.3 Å². The lowest BCUT2D eigenvalue weighted by Crippen LogP contribution is -1.91. The molecule has 4 heteroatoms. The maximum absolute atomic E-state index is 13.3. The number of aryl methyl sites for hydroxylation is 1. The van der Waals surface area contributed by atoms with E-state index in [2.05, 4.69) is 46.7 Å². The lowest BCUT2D eigenvalue weighted by molar-refractivity contribution is 0.628. The molecule has 1 heterocycles. The molecule has 104 valence electrons. The third-order valence-electron chi connectivity index (χ3n) is 3.83. The van der Waals surface area contributed by atoms with E-state index in [0.717, 1.165) is 17.1 Å². The van der Waals surface area contributed by atoms with Crippen molar-refractivity contribution in [3.8, 4) is 11.3 Å². The Morgan fingerprint density at radius 2 is 1.81 bits per heavy atom. The van der Waals surface area contributed by atoms with Crippen LogP contribution >= 0.6 is 0 Å². The normalized spacial score (nSPS) is 11.3. The highest BCUT2D eigenvalue weighted by Crippen LogP contribution is 2.39. The number of H-pyrrole nitrogens is 2. The van der Waals surface area contributed by atoms with Crippen molar-refractivity contribution in [2.75, 3.05) is 5.32 Å². The maximum Gasteiger partial charge on any atom is 0.132 e. The Kier molecular flexibility index (Phi) is 2.51. The van der Waals surface area contributed by atoms with Gasteiger partial charge in [0.15, 0.2) is 0 Å². The molecule has 0 radical (unpaired) electrons. The number of aromatic nitrogens is 2. The SMILES string of the molecule is Cc1cccc2c3[nH][nH]c(Nc4cccc(F)c4)c-3cc12. The molecule has 2 aromatic carbocycles. The van der Waals surface area contributed by atoms with Crippen molar-refractivity contribution < 1.29 is 4.39 Å². The number of rotatable bonds is 2. The third-order valence-corrected chi connectivity index (χ3v) is 3.83. The van der Waals surface area contributed by atoms with Crippen LogP contribution in [0, 0.1) is 12.7 Å². The monoisotopic (exact) mass is 279 g/mol. The van der Waals surface area contributed by atoms with Gasteiger partial charge in [0.1, 0.15) is 11.6 Å². The highest BCUT2D eigenvalue weighted by atomic mass is 19.1. The highest BCUT2D eigenvalue weighted by Gasteiger charge is 2.17. The number of hydrogen-bond acceptors (Lipinski definition) is 1. The molecule has 0 atom stereocenters. The summed E-state index contributed by atoms with van der Waals surface area (Å²) in [6, 6.07) is 14.8. The molecule has 0 saturated carbocycles. The molecule has 1 aliphatic heterocycles. The number of benzene rings is 2. The van der Waals surface area contributed by atoms with E-state index in [4.69, 9.17) is 0 Å². The van der Waals surface area contributed by atoms with Crippen LogP contribution in [-0.2, 0) is 0 Å². The molecule has 0 aromatic heterocycles. The molecule has 4 rings (SSSR count). The number of halogens is 1. The molecule has 0 fully saturated rings. The van der Waals surface area contributed by atoms with Crippen LogP contribution in [-0.4, -0.2) is 10.2 Å². The summed E-state index contributed by atoms with van der Waals surface area (Å²) in [5.41, 5.74) is 4.10. The first-order valence-corrected chi connectivity index (χ1v) is 6.83. The van der Waals surface area contributed by atoms with E-state index in [9.17, 15) is 4.39 Å². The van der Waals surface area contributed by atoms with Gasteiger partial charge in [0.2, 0.25) is 0 Å². The molecule has 2 aromatic rings. The quantitative estimate of drug-likeness (QED) is 0.485. The molecule has 1 aliphatic carbocycles. The summed E-state index contributed by atoms with van der Waals surface area (Å²) in [5.74, 6) is 0.585. The van der Waals surface area contributed by atoms with Gasteiger partial charge < -0.3 is 5.32 Å². The van der Waals surface area contributed by atoms with E-state index in [1.807, 2.05) is 6.07 Å². The topological polar surface area (TPSA) is 43.6 Å². The summed E-state index contributed by atoms with van der Waals surface area (Å²) < 4.78 is 13.3. The van der Waals surface area contributed by atoms with Crippen molar-refractivity contribution in [3.05, 3.63) is 59.9 Å². The zero-order valence-electron chi connectivity index (χ0n) is 11.5. The van der Waals surface area contributed by atoms with Gasteiger partial charge in [-0.05, 0) is 42.1 Å². The largest absolute Gasteiger partial charge is 0.340 e. The molecule has 0 saturated heterocycles. The van der Waals surface area contributed by atoms with Gasteiger partial charge in [-0.3, -0.25) is 10.2 Å². The standard InChI is InChI=1S/C17H14FN3/c1-10-4-2-7-13-14(10)9-15-16(13)20-21-17(15)19-12-6-3-5-11(18)8-12/h2-9,19-21H,1H3. The van der Waals surface area contributed by atoms with E-state index in [-0.39, 0.29) is 5.82 Å². The van der Waals surface area contributed by atoms with Gasteiger partial charge >= 0.3 is 0 Å². The third kappa shape index (κ3) is 1.88. The lowest BCUT2D eigenvalue weighted by atomic mass is 10.1. The summed E-state index contributed by atoms with van der Waals surface area (Å²) in [6.45, 7) is 2.10. The highest BCUT2D eigenvalue weighted by molar-refractivity contribution is 6.05. The Balaban J connectivity index is 1.82. The second kappa shape index (κ2) is 4.38. The average Bonchev–Trinajstić information content (AvgIpc) is 3.01. The van der Waals surface area contributed by atoms with E-state index >= 15 is 0 Å². The zero-order valence-corrected chi connectivity index (χ0v) is 11.5. The molecular formula is C17H14FN3. The van der Waals surface area contributed by atoms with Crippen molar-refractivity contribution in [1.82, 2.24) is 10.2 Å². The summed E-state index contributed by atoms with van der Waals surface area (Å²) in [5, 5.41) is 11.9. The second-order valence-corrected chi connectivity index (χ2v) is 5.23. The van der Waals surface area contributed by atoms with E-state index in [1.165, 1.54) is 28.5 Å². The van der Waals surface area contributed by atoms with Crippen molar-refractivity contribution in [3.63, 3.8) is 0 Å². The summed E-state index contributed by atoms with van der Waals surface area (Å²) >= 11 is 0. The van der Waals surface area contributed by atoms with Gasteiger partial charge in [-0.1, -0.05) is 24.3 Å². The molecule has 0 spiro atoms. The van der Waals surface area contributed by atoms with Crippen molar-refractivity contribution in [1.29, 1.82) is 0 Å². The first-order chi connectivity index (χ1) is 10.2. The fourth-order valence-corrected chi connectivity index (χ4v) is 2.79. The molecule has 2 aliphatic rings. The first-order valence-electron chi connectivity index (χ1n) is 6.83. The predicted octanol–water partition coefficient (Wildman–Crippen LogP) is 4.79. The minimum absolute atomic E-state index is 0.254. The number of hydrogen-bond donors (Lipinski definition) is 3. The van der Waals surface area contributed by atoms with Gasteiger partial charge in [0.25, 0.3) is 0 Å². The number of nitrogens with one attached hydrogen (secondary N) is 3. The smallest absolute Gasteiger partial charge is 0.132 e. The van der Waals surface area contributed by atoms with E-state index < -0.39 is 0 Å². The number of fused-ring (bicyclic) bond motifs is 3. The molecular weight excluding hydrogens is 265 g/mol. The maximum atomic E-state index is 13.3. The van der Waals surface area contributed by atoms with E-state index in [1.54, 1.807) is 6.07 Å². The fourth-order valence-electron chi connectivity index (χ4n) is 2.79. The summed E-state index contributed by atoms with van der Waals surface area (Å²) in [6.07, 6.45) is 0. The van der Waals surface area contributed by atoms with Gasteiger partial charge in [0.05, 0.1) is 5.69 Å². The average molecular weight is 279 g/mol. The summed E-state index contributed by atoms with van der Waals surface area (Å²) in [7, 11) is 0. The van der Waals surface area contributed by atoms with Crippen molar-refractivity contribution in [2.24, 2.45) is 0 Å². The van der Waals surface area contributed by atoms with Crippen LogP contribution < -0.4 is 5.32 Å². The van der Waals surface area contributed by atoms with Gasteiger partial charge in [-0.2, -0.15) is 0 Å². The van der Waals surface area contributed by atoms with Crippen LogP contribution in [0.25, 0.3) is 22.0 Å². The Morgan fingerprint density at radius 1 is 0.952 bits per heavy atom. The molecule has 0 bridgehead atoms. The Labute approximate surface area is 121 Å². The zero-order chi connectivity index (χ0) is 14.4. The van der Waals surface area contributed by atoms with E-state index in [0.29, 0.717) is 5.69 Å². The minimum atomic E-state index is -0.254. The molecule has 0 unspecified atom stereocenters. The van der Waals surface area contributed by atoms with Crippen LogP contribution in [0.15, 0.2) is 48.5 Å². The van der Waals surface area contributed by atoms with Gasteiger partial charge in [0, 0.05) is 16.6 Å². The second-order valence-electron chi connectivity index (χ2n) is 5.23. The lowest BCUT2D eigenvalue weighted by Gasteiger charge is -2.04. The molecule has 21 heavy (non-hydrogen) atoms. The molecule has 0 amide bonds.